The van der Waals surface area contributed by atoms with Gasteiger partial charge in [-0.25, -0.2) is 0 Å². The minimum absolute atomic E-state index is 0.273. The number of esters is 1. The molecule has 18 heavy (non-hydrogen) atoms. The molecule has 1 atom stereocenters. The SMILES string of the molecule is CC(=O)Oc1ccc(C(CC(C)C)C(C)C)cc1. The van der Waals surface area contributed by atoms with Gasteiger partial charge in [0, 0.05) is 6.92 Å². The fourth-order valence-electron chi connectivity index (χ4n) is 2.25. The molecule has 0 aliphatic rings. The van der Waals surface area contributed by atoms with Crippen molar-refractivity contribution in [1.29, 1.82) is 0 Å². The van der Waals surface area contributed by atoms with Gasteiger partial charge in [-0.1, -0.05) is 39.8 Å². The van der Waals surface area contributed by atoms with Crippen LogP contribution in [0.15, 0.2) is 24.3 Å². The molecular formula is C16H24O2. The zero-order valence-corrected chi connectivity index (χ0v) is 12.1. The van der Waals surface area contributed by atoms with Crippen LogP contribution >= 0.6 is 0 Å². The summed E-state index contributed by atoms with van der Waals surface area (Å²) in [7, 11) is 0. The summed E-state index contributed by atoms with van der Waals surface area (Å²) in [6.45, 7) is 10.4. The Morgan fingerprint density at radius 2 is 1.67 bits per heavy atom. The zero-order chi connectivity index (χ0) is 13.7. The van der Waals surface area contributed by atoms with E-state index in [9.17, 15) is 4.79 Å². The summed E-state index contributed by atoms with van der Waals surface area (Å²) < 4.78 is 5.05. The molecule has 0 saturated carbocycles. The monoisotopic (exact) mass is 248 g/mol. The number of hydrogen-bond acceptors (Lipinski definition) is 2. The number of benzene rings is 1. The van der Waals surface area contributed by atoms with Crippen LogP contribution in [0, 0.1) is 11.8 Å². The van der Waals surface area contributed by atoms with Crippen molar-refractivity contribution < 1.29 is 9.53 Å². The maximum absolute atomic E-state index is 10.9. The highest BCUT2D eigenvalue weighted by Gasteiger charge is 2.17. The average molecular weight is 248 g/mol. The lowest BCUT2D eigenvalue weighted by molar-refractivity contribution is -0.131. The van der Waals surface area contributed by atoms with Crippen LogP contribution in [0.1, 0.15) is 52.5 Å². The van der Waals surface area contributed by atoms with Crippen LogP contribution in [0.5, 0.6) is 5.75 Å². The van der Waals surface area contributed by atoms with E-state index in [2.05, 4.69) is 39.8 Å². The topological polar surface area (TPSA) is 26.3 Å². The predicted molar refractivity (Wildman–Crippen MR) is 74.8 cm³/mol. The van der Waals surface area contributed by atoms with E-state index in [0.29, 0.717) is 23.5 Å². The van der Waals surface area contributed by atoms with E-state index in [1.807, 2.05) is 12.1 Å². The first-order chi connectivity index (χ1) is 8.40. The molecule has 1 aromatic carbocycles. The van der Waals surface area contributed by atoms with Crippen LogP contribution in [0.25, 0.3) is 0 Å². The normalized spacial score (nSPS) is 12.8. The van der Waals surface area contributed by atoms with Gasteiger partial charge < -0.3 is 4.74 Å². The summed E-state index contributed by atoms with van der Waals surface area (Å²) in [6, 6.07) is 7.91. The Labute approximate surface area is 110 Å². The molecule has 100 valence electrons. The van der Waals surface area contributed by atoms with Crippen molar-refractivity contribution >= 4 is 5.97 Å². The van der Waals surface area contributed by atoms with Gasteiger partial charge in [-0.3, -0.25) is 4.79 Å². The van der Waals surface area contributed by atoms with E-state index in [1.165, 1.54) is 18.9 Å². The smallest absolute Gasteiger partial charge is 0.308 e. The molecule has 0 radical (unpaired) electrons. The molecule has 1 unspecified atom stereocenters. The van der Waals surface area contributed by atoms with Crippen LogP contribution < -0.4 is 4.74 Å². The van der Waals surface area contributed by atoms with Crippen LogP contribution in [0.2, 0.25) is 0 Å². The second-order valence-electron chi connectivity index (χ2n) is 5.64. The van der Waals surface area contributed by atoms with Gasteiger partial charge >= 0.3 is 5.97 Å². The first kappa shape index (κ1) is 14.7. The molecular weight excluding hydrogens is 224 g/mol. The third-order valence-electron chi connectivity index (χ3n) is 3.10. The first-order valence-electron chi connectivity index (χ1n) is 6.68. The van der Waals surface area contributed by atoms with Gasteiger partial charge in [0.15, 0.2) is 0 Å². The predicted octanol–water partition coefficient (Wildman–Crippen LogP) is 4.40. The van der Waals surface area contributed by atoms with E-state index in [1.54, 1.807) is 0 Å². The summed E-state index contributed by atoms with van der Waals surface area (Å²) in [5.74, 6) is 2.22. The van der Waals surface area contributed by atoms with Gasteiger partial charge in [-0.15, -0.1) is 0 Å². The summed E-state index contributed by atoms with van der Waals surface area (Å²) in [4.78, 5) is 10.9. The van der Waals surface area contributed by atoms with Crippen LogP contribution in [-0.2, 0) is 4.79 Å². The molecule has 0 aromatic heterocycles. The molecule has 0 aliphatic carbocycles. The van der Waals surface area contributed by atoms with Gasteiger partial charge in [0.05, 0.1) is 0 Å². The van der Waals surface area contributed by atoms with Gasteiger partial charge in [0.2, 0.25) is 0 Å². The quantitative estimate of drug-likeness (QED) is 0.570. The molecule has 0 spiro atoms. The lowest BCUT2D eigenvalue weighted by atomic mass is 9.82. The van der Waals surface area contributed by atoms with Gasteiger partial charge in [-0.05, 0) is 41.9 Å². The van der Waals surface area contributed by atoms with E-state index in [-0.39, 0.29) is 5.97 Å². The van der Waals surface area contributed by atoms with Crippen LogP contribution in [0.4, 0.5) is 0 Å². The molecule has 1 rings (SSSR count). The summed E-state index contributed by atoms with van der Waals surface area (Å²) in [5.41, 5.74) is 1.33. The third-order valence-corrected chi connectivity index (χ3v) is 3.10. The Balaban J connectivity index is 2.83. The highest BCUT2D eigenvalue weighted by molar-refractivity contribution is 5.69. The number of carbonyl (C=O) groups is 1. The number of hydrogen-bond donors (Lipinski definition) is 0. The van der Waals surface area contributed by atoms with Crippen molar-refractivity contribution in [2.75, 3.05) is 0 Å². The highest BCUT2D eigenvalue weighted by Crippen LogP contribution is 2.31. The van der Waals surface area contributed by atoms with Crippen molar-refractivity contribution in [3.05, 3.63) is 29.8 Å². The van der Waals surface area contributed by atoms with E-state index in [4.69, 9.17) is 4.74 Å². The molecule has 0 fully saturated rings. The van der Waals surface area contributed by atoms with E-state index < -0.39 is 0 Å². The standard InChI is InChI=1S/C16H24O2/c1-11(2)10-16(12(3)4)14-6-8-15(9-7-14)18-13(5)17/h6-9,11-12,16H,10H2,1-5H3. The Hall–Kier alpha value is -1.31. The lowest BCUT2D eigenvalue weighted by Crippen LogP contribution is -2.10. The first-order valence-corrected chi connectivity index (χ1v) is 6.68. The third kappa shape index (κ3) is 4.52. The average Bonchev–Trinajstić information content (AvgIpc) is 2.26. The summed E-state index contributed by atoms with van der Waals surface area (Å²) >= 11 is 0. The fourth-order valence-corrected chi connectivity index (χ4v) is 2.25. The lowest BCUT2D eigenvalue weighted by Gasteiger charge is -2.23. The molecule has 0 heterocycles. The molecule has 1 aromatic rings. The molecule has 2 nitrogen and oxygen atoms in total. The fraction of sp³-hybridized carbons (Fsp3) is 0.562. The molecule has 0 aliphatic heterocycles. The van der Waals surface area contributed by atoms with Crippen molar-refractivity contribution in [2.45, 2.75) is 47.0 Å². The Morgan fingerprint density at radius 3 is 2.06 bits per heavy atom. The molecule has 0 bridgehead atoms. The van der Waals surface area contributed by atoms with Gasteiger partial charge in [-0.2, -0.15) is 0 Å². The largest absolute Gasteiger partial charge is 0.427 e. The molecule has 2 heteroatoms. The van der Waals surface area contributed by atoms with Crippen LogP contribution in [0.3, 0.4) is 0 Å². The van der Waals surface area contributed by atoms with Gasteiger partial charge in [0.25, 0.3) is 0 Å². The van der Waals surface area contributed by atoms with Crippen molar-refractivity contribution in [3.63, 3.8) is 0 Å². The molecule has 0 N–H and O–H groups in total. The second-order valence-corrected chi connectivity index (χ2v) is 5.64. The molecule has 0 saturated heterocycles. The Bertz CT molecular complexity index is 377. The maximum atomic E-state index is 10.9. The van der Waals surface area contributed by atoms with Gasteiger partial charge in [0.1, 0.15) is 5.75 Å². The summed E-state index contributed by atoms with van der Waals surface area (Å²) in [5, 5.41) is 0. The van der Waals surface area contributed by atoms with Crippen molar-refractivity contribution in [1.82, 2.24) is 0 Å². The minimum atomic E-state index is -0.273. The Kier molecular flexibility index (Phi) is 5.39. The highest BCUT2D eigenvalue weighted by atomic mass is 16.5. The van der Waals surface area contributed by atoms with Crippen LogP contribution in [-0.4, -0.2) is 5.97 Å². The summed E-state index contributed by atoms with van der Waals surface area (Å²) in [6.07, 6.45) is 1.19. The number of ether oxygens (including phenoxy) is 1. The second kappa shape index (κ2) is 6.58. The Morgan fingerprint density at radius 1 is 1.11 bits per heavy atom. The molecule has 0 amide bonds. The van der Waals surface area contributed by atoms with Crippen molar-refractivity contribution in [3.8, 4) is 5.75 Å². The zero-order valence-electron chi connectivity index (χ0n) is 12.1. The number of rotatable bonds is 5. The minimum Gasteiger partial charge on any atom is -0.427 e. The number of carbonyl (C=O) groups excluding carboxylic acids is 1. The van der Waals surface area contributed by atoms with E-state index >= 15 is 0 Å². The van der Waals surface area contributed by atoms with Crippen molar-refractivity contribution in [2.24, 2.45) is 11.8 Å². The maximum Gasteiger partial charge on any atom is 0.308 e. The van der Waals surface area contributed by atoms with E-state index in [0.717, 1.165) is 0 Å².